The Hall–Kier alpha value is -2.33. The molecule has 0 saturated carbocycles. The molecule has 0 fully saturated rings. The third-order valence-electron chi connectivity index (χ3n) is 2.81. The summed E-state index contributed by atoms with van der Waals surface area (Å²) in [4.78, 5) is 32.4. The summed E-state index contributed by atoms with van der Waals surface area (Å²) in [6.45, 7) is 0. The normalized spacial score (nSPS) is 10.2. The summed E-state index contributed by atoms with van der Waals surface area (Å²) in [7, 11) is 0. The Bertz CT molecular complexity index is 825. The fraction of sp³-hybridized carbons (Fsp3) is 0. The van der Waals surface area contributed by atoms with E-state index >= 15 is 0 Å². The maximum atomic E-state index is 12.2. The largest absolute Gasteiger partial charge is 0.321 e. The number of benzene rings is 2. The standard InChI is InChI=1S/C13H7Br2N3O5/c14-7-1-4-11(10(15)5-7)16-13(19)9-3-2-8(17(20)21)6-12(9)18(22)23/h1-6H,(H,16,19). The number of nitro benzene ring substituents is 2. The number of nitro groups is 2. The van der Waals surface area contributed by atoms with Crippen LogP contribution in [0.5, 0.6) is 0 Å². The molecule has 0 radical (unpaired) electrons. The van der Waals surface area contributed by atoms with Crippen LogP contribution >= 0.6 is 31.9 Å². The summed E-state index contributed by atoms with van der Waals surface area (Å²) >= 11 is 6.52. The minimum Gasteiger partial charge on any atom is -0.321 e. The molecule has 0 aliphatic heterocycles. The van der Waals surface area contributed by atoms with Gasteiger partial charge in [-0.2, -0.15) is 0 Å². The smallest absolute Gasteiger partial charge is 0.289 e. The van der Waals surface area contributed by atoms with Crippen LogP contribution in [0.4, 0.5) is 17.1 Å². The molecule has 0 heterocycles. The number of carbonyl (C=O) groups is 1. The SMILES string of the molecule is O=C(Nc1ccc(Br)cc1Br)c1ccc([N+](=O)[O-])cc1[N+](=O)[O-]. The van der Waals surface area contributed by atoms with Crippen molar-refractivity contribution < 1.29 is 14.6 Å². The van der Waals surface area contributed by atoms with Crippen LogP contribution in [0.25, 0.3) is 0 Å². The monoisotopic (exact) mass is 443 g/mol. The zero-order valence-corrected chi connectivity index (χ0v) is 14.3. The molecule has 118 valence electrons. The van der Waals surface area contributed by atoms with Crippen molar-refractivity contribution in [3.63, 3.8) is 0 Å². The summed E-state index contributed by atoms with van der Waals surface area (Å²) in [6.07, 6.45) is 0. The third-order valence-corrected chi connectivity index (χ3v) is 3.96. The van der Waals surface area contributed by atoms with Crippen LogP contribution < -0.4 is 5.32 Å². The second-order valence-electron chi connectivity index (χ2n) is 4.29. The number of halogens is 2. The number of hydrogen-bond acceptors (Lipinski definition) is 5. The summed E-state index contributed by atoms with van der Waals surface area (Å²) in [5.74, 6) is -0.741. The van der Waals surface area contributed by atoms with Crippen molar-refractivity contribution >= 4 is 54.8 Å². The van der Waals surface area contributed by atoms with E-state index in [2.05, 4.69) is 37.2 Å². The lowest BCUT2D eigenvalue weighted by molar-refractivity contribution is -0.394. The zero-order valence-electron chi connectivity index (χ0n) is 11.2. The second-order valence-corrected chi connectivity index (χ2v) is 6.06. The molecule has 0 aliphatic carbocycles. The average molecular weight is 445 g/mol. The van der Waals surface area contributed by atoms with Gasteiger partial charge in [-0.1, -0.05) is 15.9 Å². The Morgan fingerprint density at radius 1 is 1.00 bits per heavy atom. The number of non-ortho nitro benzene ring substituents is 1. The molecule has 8 nitrogen and oxygen atoms in total. The van der Waals surface area contributed by atoms with Gasteiger partial charge in [0.2, 0.25) is 0 Å². The van der Waals surface area contributed by atoms with E-state index in [4.69, 9.17) is 0 Å². The molecule has 23 heavy (non-hydrogen) atoms. The predicted octanol–water partition coefficient (Wildman–Crippen LogP) is 4.28. The van der Waals surface area contributed by atoms with Crippen molar-refractivity contribution in [2.24, 2.45) is 0 Å². The Morgan fingerprint density at radius 3 is 2.26 bits per heavy atom. The molecule has 2 aromatic carbocycles. The Morgan fingerprint density at radius 2 is 1.70 bits per heavy atom. The van der Waals surface area contributed by atoms with Gasteiger partial charge in [0.1, 0.15) is 5.56 Å². The zero-order chi connectivity index (χ0) is 17.1. The molecule has 1 amide bonds. The van der Waals surface area contributed by atoms with E-state index in [0.717, 1.165) is 22.7 Å². The van der Waals surface area contributed by atoms with E-state index in [-0.39, 0.29) is 5.56 Å². The number of rotatable bonds is 4. The van der Waals surface area contributed by atoms with Crippen LogP contribution in [-0.2, 0) is 0 Å². The van der Waals surface area contributed by atoms with Crippen LogP contribution in [0.15, 0.2) is 45.3 Å². The summed E-state index contributed by atoms with van der Waals surface area (Å²) in [5.41, 5.74) is -0.954. The van der Waals surface area contributed by atoms with Gasteiger partial charge in [-0.15, -0.1) is 0 Å². The van der Waals surface area contributed by atoms with E-state index < -0.39 is 27.1 Å². The van der Waals surface area contributed by atoms with Gasteiger partial charge >= 0.3 is 0 Å². The van der Waals surface area contributed by atoms with Crippen LogP contribution in [0.3, 0.4) is 0 Å². The maximum Gasteiger partial charge on any atom is 0.289 e. The molecule has 0 spiro atoms. The van der Waals surface area contributed by atoms with E-state index in [9.17, 15) is 25.0 Å². The lowest BCUT2D eigenvalue weighted by Crippen LogP contribution is -2.14. The molecule has 0 unspecified atom stereocenters. The van der Waals surface area contributed by atoms with Gasteiger partial charge in [0.25, 0.3) is 17.3 Å². The molecule has 0 aromatic heterocycles. The van der Waals surface area contributed by atoms with Crippen molar-refractivity contribution in [1.29, 1.82) is 0 Å². The van der Waals surface area contributed by atoms with Crippen molar-refractivity contribution in [3.8, 4) is 0 Å². The van der Waals surface area contributed by atoms with Gasteiger partial charge in [0.05, 0.1) is 21.6 Å². The quantitative estimate of drug-likeness (QED) is 0.558. The van der Waals surface area contributed by atoms with Gasteiger partial charge in [-0.05, 0) is 40.2 Å². The van der Waals surface area contributed by atoms with E-state index in [1.165, 1.54) is 0 Å². The fourth-order valence-corrected chi connectivity index (χ4v) is 2.90. The lowest BCUT2D eigenvalue weighted by atomic mass is 10.1. The van der Waals surface area contributed by atoms with Crippen molar-refractivity contribution in [2.75, 3.05) is 5.32 Å². The number of nitrogens with zero attached hydrogens (tertiary/aromatic N) is 2. The van der Waals surface area contributed by atoms with Gasteiger partial charge in [0, 0.05) is 15.0 Å². The Balaban J connectivity index is 2.38. The number of anilines is 1. The first-order chi connectivity index (χ1) is 10.8. The molecular weight excluding hydrogens is 438 g/mol. The van der Waals surface area contributed by atoms with Crippen LogP contribution in [0.1, 0.15) is 10.4 Å². The third kappa shape index (κ3) is 3.90. The van der Waals surface area contributed by atoms with Gasteiger partial charge in [-0.25, -0.2) is 0 Å². The summed E-state index contributed by atoms with van der Waals surface area (Å²) in [5, 5.41) is 24.3. The van der Waals surface area contributed by atoms with Crippen molar-refractivity contribution in [2.45, 2.75) is 0 Å². The highest BCUT2D eigenvalue weighted by Gasteiger charge is 2.24. The molecule has 0 atom stereocenters. The van der Waals surface area contributed by atoms with Crippen molar-refractivity contribution in [3.05, 3.63) is 71.1 Å². The molecule has 1 N–H and O–H groups in total. The molecule has 10 heteroatoms. The van der Waals surface area contributed by atoms with Gasteiger partial charge in [0.15, 0.2) is 0 Å². The topological polar surface area (TPSA) is 115 Å². The summed E-state index contributed by atoms with van der Waals surface area (Å²) < 4.78 is 1.36. The molecular formula is C13H7Br2N3O5. The maximum absolute atomic E-state index is 12.2. The van der Waals surface area contributed by atoms with E-state index in [1.54, 1.807) is 18.2 Å². The first kappa shape index (κ1) is 17.0. The van der Waals surface area contributed by atoms with Crippen molar-refractivity contribution in [1.82, 2.24) is 0 Å². The minimum absolute atomic E-state index is 0.268. The molecule has 2 aromatic rings. The molecule has 0 saturated heterocycles. The highest BCUT2D eigenvalue weighted by Crippen LogP contribution is 2.29. The Labute approximate surface area is 146 Å². The van der Waals surface area contributed by atoms with Gasteiger partial charge in [-0.3, -0.25) is 25.0 Å². The minimum atomic E-state index is -0.835. The first-order valence-corrected chi connectivity index (χ1v) is 7.57. The Kier molecular flexibility index (Phi) is 5.06. The lowest BCUT2D eigenvalue weighted by Gasteiger charge is -2.08. The summed E-state index contributed by atoms with van der Waals surface area (Å²) in [6, 6.07) is 7.83. The highest BCUT2D eigenvalue weighted by molar-refractivity contribution is 9.11. The van der Waals surface area contributed by atoms with Gasteiger partial charge < -0.3 is 5.32 Å². The number of carbonyl (C=O) groups excluding carboxylic acids is 1. The van der Waals surface area contributed by atoms with Crippen LogP contribution in [0, 0.1) is 20.2 Å². The predicted molar refractivity (Wildman–Crippen MR) is 89.5 cm³/mol. The van der Waals surface area contributed by atoms with Crippen LogP contribution in [0.2, 0.25) is 0 Å². The molecule has 0 bridgehead atoms. The number of hydrogen-bond donors (Lipinski definition) is 1. The average Bonchev–Trinajstić information content (AvgIpc) is 2.49. The van der Waals surface area contributed by atoms with E-state index in [1.807, 2.05) is 0 Å². The first-order valence-electron chi connectivity index (χ1n) is 5.99. The highest BCUT2D eigenvalue weighted by atomic mass is 79.9. The molecule has 2 rings (SSSR count). The van der Waals surface area contributed by atoms with Crippen LogP contribution in [-0.4, -0.2) is 15.8 Å². The molecule has 0 aliphatic rings. The number of nitrogens with one attached hydrogen (secondary N) is 1. The second kappa shape index (κ2) is 6.84. The fourth-order valence-electron chi connectivity index (χ4n) is 1.76. The number of amides is 1. The van der Waals surface area contributed by atoms with E-state index in [0.29, 0.717) is 10.2 Å².